The summed E-state index contributed by atoms with van der Waals surface area (Å²) in [7, 11) is 0. The van der Waals surface area contributed by atoms with Gasteiger partial charge in [0.05, 0.1) is 11.8 Å². The molecule has 1 saturated heterocycles. The number of carbonyl (C=O) groups excluding carboxylic acids is 1. The van der Waals surface area contributed by atoms with Crippen molar-refractivity contribution >= 4 is 17.7 Å². The molecule has 2 aliphatic rings. The van der Waals surface area contributed by atoms with Gasteiger partial charge >= 0.3 is 0 Å². The highest BCUT2D eigenvalue weighted by molar-refractivity contribution is 7.99. The van der Waals surface area contributed by atoms with Gasteiger partial charge in [-0.05, 0) is 49.0 Å². The Morgan fingerprint density at radius 2 is 2.20 bits per heavy atom. The second-order valence-corrected chi connectivity index (χ2v) is 6.51. The molecule has 0 spiro atoms. The molecule has 0 radical (unpaired) electrons. The Morgan fingerprint density at radius 1 is 1.35 bits per heavy atom. The van der Waals surface area contributed by atoms with Crippen LogP contribution >= 0.6 is 11.8 Å². The van der Waals surface area contributed by atoms with Gasteiger partial charge in [-0.2, -0.15) is 0 Å². The second-order valence-electron chi connectivity index (χ2n) is 5.57. The van der Waals surface area contributed by atoms with Crippen LogP contribution in [-0.2, 0) is 4.79 Å². The molecule has 1 aromatic rings. The van der Waals surface area contributed by atoms with Crippen molar-refractivity contribution in [3.8, 4) is 0 Å². The van der Waals surface area contributed by atoms with Gasteiger partial charge in [-0.3, -0.25) is 4.79 Å². The number of thioether (sulfide) groups is 1. The topological polar surface area (TPSA) is 63.9 Å². The molecule has 0 bridgehead atoms. The third-order valence-corrected chi connectivity index (χ3v) is 5.02. The van der Waals surface area contributed by atoms with Crippen molar-refractivity contribution in [1.82, 2.24) is 25.1 Å². The van der Waals surface area contributed by atoms with Crippen LogP contribution in [0.5, 0.6) is 0 Å². The maximum absolute atomic E-state index is 12.4. The average molecular weight is 295 g/mol. The van der Waals surface area contributed by atoms with Crippen LogP contribution in [0.3, 0.4) is 0 Å². The van der Waals surface area contributed by atoms with E-state index in [1.807, 2.05) is 4.68 Å². The minimum atomic E-state index is 0.229. The largest absolute Gasteiger partial charge is 0.339 e. The molecule has 0 N–H and O–H groups in total. The summed E-state index contributed by atoms with van der Waals surface area (Å²) < 4.78 is 1.87. The van der Waals surface area contributed by atoms with Gasteiger partial charge in [0.25, 0.3) is 0 Å². The lowest BCUT2D eigenvalue weighted by atomic mass is 10.0. The van der Waals surface area contributed by atoms with Gasteiger partial charge < -0.3 is 4.90 Å². The Balaban J connectivity index is 1.56. The summed E-state index contributed by atoms with van der Waals surface area (Å²) in [5, 5.41) is 12.5. The Labute approximate surface area is 123 Å². The summed E-state index contributed by atoms with van der Waals surface area (Å²) >= 11 is 1.47. The van der Waals surface area contributed by atoms with Gasteiger partial charge in [-0.15, -0.1) is 5.10 Å². The Bertz CT molecular complexity index is 473. The predicted octanol–water partition coefficient (Wildman–Crippen LogP) is 1.89. The zero-order chi connectivity index (χ0) is 13.9. The lowest BCUT2D eigenvalue weighted by Gasteiger charge is -2.35. The highest BCUT2D eigenvalue weighted by Crippen LogP contribution is 2.36. The fourth-order valence-corrected chi connectivity index (χ4v) is 3.62. The number of tetrazole rings is 1. The van der Waals surface area contributed by atoms with Crippen LogP contribution < -0.4 is 0 Å². The molecule has 1 amide bonds. The number of hydrogen-bond acceptors (Lipinski definition) is 5. The molecule has 0 aromatic carbocycles. The molecule has 2 heterocycles. The van der Waals surface area contributed by atoms with E-state index in [1.165, 1.54) is 18.2 Å². The number of nitrogens with zero attached hydrogens (tertiary/aromatic N) is 5. The maximum Gasteiger partial charge on any atom is 0.233 e. The first-order valence-corrected chi connectivity index (χ1v) is 8.48. The fraction of sp³-hybridized carbons (Fsp3) is 0.846. The van der Waals surface area contributed by atoms with Crippen molar-refractivity contribution < 1.29 is 4.79 Å². The molecule has 1 aliphatic carbocycles. The van der Waals surface area contributed by atoms with Crippen molar-refractivity contribution in [2.75, 3.05) is 12.3 Å². The van der Waals surface area contributed by atoms with E-state index in [1.54, 1.807) is 0 Å². The third kappa shape index (κ3) is 2.97. The summed E-state index contributed by atoms with van der Waals surface area (Å²) in [4.78, 5) is 14.4. The van der Waals surface area contributed by atoms with Crippen LogP contribution in [-0.4, -0.2) is 49.4 Å². The zero-order valence-electron chi connectivity index (χ0n) is 11.9. The first-order chi connectivity index (χ1) is 9.79. The Hall–Kier alpha value is -1.11. The van der Waals surface area contributed by atoms with Gasteiger partial charge in [0.15, 0.2) is 0 Å². The van der Waals surface area contributed by atoms with Gasteiger partial charge in [0, 0.05) is 12.6 Å². The van der Waals surface area contributed by atoms with Crippen molar-refractivity contribution in [2.45, 2.75) is 62.7 Å². The van der Waals surface area contributed by atoms with E-state index < -0.39 is 0 Å². The number of amides is 1. The first-order valence-electron chi connectivity index (χ1n) is 7.49. The lowest BCUT2D eigenvalue weighted by Crippen LogP contribution is -2.44. The quantitative estimate of drug-likeness (QED) is 0.776. The minimum Gasteiger partial charge on any atom is -0.339 e. The SMILES string of the molecule is CC[C@H]1CCCCN1C(=O)CSc1nnnn1C1CC1. The van der Waals surface area contributed by atoms with E-state index in [-0.39, 0.29) is 5.91 Å². The summed E-state index contributed by atoms with van der Waals surface area (Å²) in [5.74, 6) is 0.677. The summed E-state index contributed by atoms with van der Waals surface area (Å²) in [6, 6.07) is 0.886. The molecule has 110 valence electrons. The van der Waals surface area contributed by atoms with Gasteiger partial charge in [-0.25, -0.2) is 4.68 Å². The summed E-state index contributed by atoms with van der Waals surface area (Å²) in [6.45, 7) is 3.07. The average Bonchev–Trinajstić information content (AvgIpc) is 3.23. The van der Waals surface area contributed by atoms with Crippen molar-refractivity contribution in [3.05, 3.63) is 0 Å². The molecule has 6 nitrogen and oxygen atoms in total. The number of likely N-dealkylation sites (tertiary alicyclic amines) is 1. The van der Waals surface area contributed by atoms with Gasteiger partial charge in [-0.1, -0.05) is 18.7 Å². The van der Waals surface area contributed by atoms with E-state index in [4.69, 9.17) is 0 Å². The molecule has 1 atom stereocenters. The molecule has 2 fully saturated rings. The molecule has 1 saturated carbocycles. The van der Waals surface area contributed by atoms with Crippen LogP contribution in [0.1, 0.15) is 51.5 Å². The van der Waals surface area contributed by atoms with Gasteiger partial charge in [0.2, 0.25) is 11.1 Å². The number of carbonyl (C=O) groups is 1. The predicted molar refractivity (Wildman–Crippen MR) is 76.5 cm³/mol. The van der Waals surface area contributed by atoms with Crippen LogP contribution in [0, 0.1) is 0 Å². The van der Waals surface area contributed by atoms with Crippen LogP contribution in [0.15, 0.2) is 5.16 Å². The minimum absolute atomic E-state index is 0.229. The van der Waals surface area contributed by atoms with Crippen LogP contribution in [0.4, 0.5) is 0 Å². The molecule has 1 aromatic heterocycles. The molecule has 20 heavy (non-hydrogen) atoms. The van der Waals surface area contributed by atoms with E-state index in [0.717, 1.165) is 43.8 Å². The van der Waals surface area contributed by atoms with Crippen molar-refractivity contribution in [1.29, 1.82) is 0 Å². The number of piperidine rings is 1. The molecule has 3 rings (SSSR count). The van der Waals surface area contributed by atoms with E-state index in [9.17, 15) is 4.79 Å². The van der Waals surface area contributed by atoms with Crippen LogP contribution in [0.25, 0.3) is 0 Å². The van der Waals surface area contributed by atoms with Crippen LogP contribution in [0.2, 0.25) is 0 Å². The zero-order valence-corrected chi connectivity index (χ0v) is 12.7. The highest BCUT2D eigenvalue weighted by Gasteiger charge is 2.29. The normalized spacial score (nSPS) is 23.1. The molecule has 0 unspecified atom stereocenters. The molecule has 1 aliphatic heterocycles. The number of aromatic nitrogens is 4. The van der Waals surface area contributed by atoms with Crippen molar-refractivity contribution in [2.24, 2.45) is 0 Å². The summed E-state index contributed by atoms with van der Waals surface area (Å²) in [6.07, 6.45) is 6.87. The molecule has 7 heteroatoms. The molecular formula is C13H21N5OS. The van der Waals surface area contributed by atoms with Crippen molar-refractivity contribution in [3.63, 3.8) is 0 Å². The smallest absolute Gasteiger partial charge is 0.233 e. The van der Waals surface area contributed by atoms with E-state index in [0.29, 0.717) is 17.8 Å². The Kier molecular flexibility index (Phi) is 4.24. The lowest BCUT2D eigenvalue weighted by molar-refractivity contribution is -0.132. The highest BCUT2D eigenvalue weighted by atomic mass is 32.2. The second kappa shape index (κ2) is 6.11. The fourth-order valence-electron chi connectivity index (χ4n) is 2.79. The first kappa shape index (κ1) is 13.9. The number of rotatable bonds is 5. The summed E-state index contributed by atoms with van der Waals surface area (Å²) in [5.41, 5.74) is 0. The van der Waals surface area contributed by atoms with E-state index >= 15 is 0 Å². The molecular weight excluding hydrogens is 274 g/mol. The van der Waals surface area contributed by atoms with E-state index in [2.05, 4.69) is 27.3 Å². The third-order valence-electron chi connectivity index (χ3n) is 4.10. The van der Waals surface area contributed by atoms with Gasteiger partial charge in [0.1, 0.15) is 0 Å². The monoisotopic (exact) mass is 295 g/mol. The standard InChI is InChI=1S/C13H21N5OS/c1-2-10-5-3-4-8-17(10)12(19)9-20-13-14-15-16-18(13)11-6-7-11/h10-11H,2-9H2,1H3/t10-/m0/s1. The maximum atomic E-state index is 12.4. The Morgan fingerprint density at radius 3 is 2.95 bits per heavy atom. The number of hydrogen-bond donors (Lipinski definition) is 0.